The van der Waals surface area contributed by atoms with E-state index in [2.05, 4.69) is 0 Å². The predicted molar refractivity (Wildman–Crippen MR) is 72.4 cm³/mol. The molecule has 1 aliphatic rings. The molecule has 0 spiro atoms. The monoisotopic (exact) mass is 259 g/mol. The average molecular weight is 259 g/mol. The topological polar surface area (TPSA) is 54.5 Å². The van der Waals surface area contributed by atoms with Crippen LogP contribution < -0.4 is 4.90 Å². The minimum absolute atomic E-state index is 0.0968. The Morgan fingerprint density at radius 3 is 2.63 bits per heavy atom. The van der Waals surface area contributed by atoms with Crippen molar-refractivity contribution in [1.82, 2.24) is 0 Å². The van der Waals surface area contributed by atoms with Gasteiger partial charge in [0.15, 0.2) is 0 Å². The fraction of sp³-hybridized carbons (Fsp3) is 0.400. The van der Waals surface area contributed by atoms with E-state index in [1.165, 1.54) is 11.8 Å². The highest BCUT2D eigenvalue weighted by atomic mass is 16.2. The Balaban J connectivity index is 2.22. The molecule has 4 nitrogen and oxygen atoms in total. The second-order valence-electron chi connectivity index (χ2n) is 4.80. The number of fused-ring (bicyclic) bond motifs is 1. The lowest BCUT2D eigenvalue weighted by atomic mass is 10.1. The van der Waals surface area contributed by atoms with Crippen LogP contribution in [0.3, 0.4) is 0 Å². The molecule has 1 aromatic rings. The molecule has 0 bridgehead atoms. The molecule has 2 rings (SSSR count). The van der Waals surface area contributed by atoms with Crippen molar-refractivity contribution >= 4 is 23.2 Å². The number of ketones is 2. The number of hydrogen-bond acceptors (Lipinski definition) is 3. The third-order valence-corrected chi connectivity index (χ3v) is 3.35. The van der Waals surface area contributed by atoms with Crippen LogP contribution in [0.25, 0.3) is 0 Å². The molecule has 0 saturated heterocycles. The van der Waals surface area contributed by atoms with Gasteiger partial charge < -0.3 is 9.69 Å². The van der Waals surface area contributed by atoms with E-state index in [0.29, 0.717) is 30.6 Å². The first-order valence-corrected chi connectivity index (χ1v) is 6.53. The van der Waals surface area contributed by atoms with Gasteiger partial charge in [0.1, 0.15) is 5.78 Å². The van der Waals surface area contributed by atoms with Gasteiger partial charge in [0.05, 0.1) is 11.3 Å². The second-order valence-corrected chi connectivity index (χ2v) is 4.80. The normalized spacial score (nSPS) is 13.9. The number of amides is 1. The second kappa shape index (κ2) is 5.34. The minimum Gasteiger partial charge on any atom is -0.305 e. The summed E-state index contributed by atoms with van der Waals surface area (Å²) in [6.45, 7) is 3.95. The van der Waals surface area contributed by atoms with Crippen LogP contribution in [0.4, 0.5) is 5.69 Å². The highest BCUT2D eigenvalue weighted by molar-refractivity contribution is 6.52. The molecule has 1 heterocycles. The number of nitrogens with zero attached hydrogens (tertiary/aromatic N) is 1. The first-order valence-electron chi connectivity index (χ1n) is 6.53. The zero-order valence-electron chi connectivity index (χ0n) is 11.2. The van der Waals surface area contributed by atoms with Crippen molar-refractivity contribution < 1.29 is 14.4 Å². The zero-order chi connectivity index (χ0) is 14.0. The van der Waals surface area contributed by atoms with Crippen molar-refractivity contribution in [2.24, 2.45) is 0 Å². The SMILES string of the molecule is CCc1ccc2c(c1)C(=O)C(=O)N2CCCC(C)=O. The molecule has 0 N–H and O–H groups in total. The maximum Gasteiger partial charge on any atom is 0.299 e. The molecule has 0 fully saturated rings. The van der Waals surface area contributed by atoms with E-state index < -0.39 is 11.7 Å². The summed E-state index contributed by atoms with van der Waals surface area (Å²) in [6, 6.07) is 5.55. The van der Waals surface area contributed by atoms with Gasteiger partial charge in [0, 0.05) is 13.0 Å². The Kier molecular flexibility index (Phi) is 3.79. The molecule has 0 atom stereocenters. The molecule has 100 valence electrons. The van der Waals surface area contributed by atoms with E-state index in [0.717, 1.165) is 12.0 Å². The lowest BCUT2D eigenvalue weighted by Gasteiger charge is -2.16. The van der Waals surface area contributed by atoms with Crippen LogP contribution in [0.5, 0.6) is 0 Å². The highest BCUT2D eigenvalue weighted by Crippen LogP contribution is 2.30. The number of hydrogen-bond donors (Lipinski definition) is 0. The summed E-state index contributed by atoms with van der Waals surface area (Å²) in [5.41, 5.74) is 2.22. The number of carbonyl (C=O) groups is 3. The van der Waals surface area contributed by atoms with E-state index in [4.69, 9.17) is 0 Å². The van der Waals surface area contributed by atoms with Gasteiger partial charge in [0.2, 0.25) is 0 Å². The first kappa shape index (κ1) is 13.5. The quantitative estimate of drug-likeness (QED) is 0.761. The fourth-order valence-corrected chi connectivity index (χ4v) is 2.28. The molecule has 0 aliphatic carbocycles. The van der Waals surface area contributed by atoms with E-state index in [9.17, 15) is 14.4 Å². The van der Waals surface area contributed by atoms with Gasteiger partial charge in [-0.3, -0.25) is 9.59 Å². The van der Waals surface area contributed by atoms with Gasteiger partial charge in [0.25, 0.3) is 11.7 Å². The summed E-state index contributed by atoms with van der Waals surface area (Å²) in [5, 5.41) is 0. The van der Waals surface area contributed by atoms with Crippen molar-refractivity contribution in [3.8, 4) is 0 Å². The van der Waals surface area contributed by atoms with Gasteiger partial charge in [-0.25, -0.2) is 0 Å². The van der Waals surface area contributed by atoms with Crippen molar-refractivity contribution in [2.45, 2.75) is 33.1 Å². The molecule has 1 aromatic carbocycles. The Bertz CT molecular complexity index is 548. The van der Waals surface area contributed by atoms with Crippen LogP contribution in [0.2, 0.25) is 0 Å². The van der Waals surface area contributed by atoms with Crippen LogP contribution in [0, 0.1) is 0 Å². The van der Waals surface area contributed by atoms with Crippen molar-refractivity contribution in [2.75, 3.05) is 11.4 Å². The number of aryl methyl sites for hydroxylation is 1. The maximum atomic E-state index is 11.9. The molecule has 0 unspecified atom stereocenters. The number of rotatable bonds is 5. The Morgan fingerprint density at radius 2 is 2.00 bits per heavy atom. The molecule has 19 heavy (non-hydrogen) atoms. The molecular formula is C15H17NO3. The van der Waals surface area contributed by atoms with Gasteiger partial charge in [-0.2, -0.15) is 0 Å². The number of carbonyl (C=O) groups excluding carboxylic acids is 3. The molecule has 0 saturated carbocycles. The molecule has 4 heteroatoms. The summed E-state index contributed by atoms with van der Waals surface area (Å²) in [5.74, 6) is -0.820. The summed E-state index contributed by atoms with van der Waals surface area (Å²) < 4.78 is 0. The maximum absolute atomic E-state index is 11.9. The molecule has 1 aliphatic heterocycles. The molecule has 0 aromatic heterocycles. The van der Waals surface area contributed by atoms with Crippen molar-refractivity contribution in [3.63, 3.8) is 0 Å². The Hall–Kier alpha value is -1.97. The van der Waals surface area contributed by atoms with Crippen LogP contribution in [-0.2, 0) is 16.0 Å². The van der Waals surface area contributed by atoms with Gasteiger partial charge >= 0.3 is 0 Å². The van der Waals surface area contributed by atoms with E-state index in [1.54, 1.807) is 6.07 Å². The standard InChI is InChI=1S/C15H17NO3/c1-3-11-6-7-13-12(9-11)14(18)15(19)16(13)8-4-5-10(2)17/h6-7,9H,3-5,8H2,1-2H3. The van der Waals surface area contributed by atoms with E-state index >= 15 is 0 Å². The summed E-state index contributed by atoms with van der Waals surface area (Å²) in [7, 11) is 0. The number of Topliss-reactive ketones (excluding diaryl/α,β-unsaturated/α-hetero) is 2. The van der Waals surface area contributed by atoms with Crippen LogP contribution in [-0.4, -0.2) is 24.0 Å². The van der Waals surface area contributed by atoms with Gasteiger partial charge in [-0.05, 0) is 37.5 Å². The Morgan fingerprint density at radius 1 is 1.26 bits per heavy atom. The van der Waals surface area contributed by atoms with Gasteiger partial charge in [-0.15, -0.1) is 0 Å². The first-order chi connectivity index (χ1) is 9.04. The van der Waals surface area contributed by atoms with Crippen LogP contribution in [0.1, 0.15) is 42.6 Å². The lowest BCUT2D eigenvalue weighted by molar-refractivity contribution is -0.117. The lowest BCUT2D eigenvalue weighted by Crippen LogP contribution is -2.30. The fourth-order valence-electron chi connectivity index (χ4n) is 2.28. The average Bonchev–Trinajstić information content (AvgIpc) is 2.63. The summed E-state index contributed by atoms with van der Waals surface area (Å²) >= 11 is 0. The highest BCUT2D eigenvalue weighted by Gasteiger charge is 2.35. The molecular weight excluding hydrogens is 242 g/mol. The van der Waals surface area contributed by atoms with Crippen LogP contribution in [0.15, 0.2) is 18.2 Å². The molecule has 1 amide bonds. The van der Waals surface area contributed by atoms with Crippen LogP contribution >= 0.6 is 0 Å². The number of benzene rings is 1. The summed E-state index contributed by atoms with van der Waals surface area (Å²) in [6.07, 6.45) is 1.85. The summed E-state index contributed by atoms with van der Waals surface area (Å²) in [4.78, 5) is 36.3. The van der Waals surface area contributed by atoms with Crippen molar-refractivity contribution in [1.29, 1.82) is 0 Å². The van der Waals surface area contributed by atoms with E-state index in [-0.39, 0.29) is 5.78 Å². The van der Waals surface area contributed by atoms with Gasteiger partial charge in [-0.1, -0.05) is 13.0 Å². The predicted octanol–water partition coefficient (Wildman–Crippen LogP) is 2.15. The minimum atomic E-state index is -0.480. The number of anilines is 1. The van der Waals surface area contributed by atoms with E-state index in [1.807, 2.05) is 19.1 Å². The third-order valence-electron chi connectivity index (χ3n) is 3.35. The zero-order valence-corrected chi connectivity index (χ0v) is 11.2. The van der Waals surface area contributed by atoms with Crippen molar-refractivity contribution in [3.05, 3.63) is 29.3 Å². The Labute approximate surface area is 112 Å². The smallest absolute Gasteiger partial charge is 0.299 e. The largest absolute Gasteiger partial charge is 0.305 e. The third kappa shape index (κ3) is 2.57. The molecule has 0 radical (unpaired) electrons.